The number of nitrogens with one attached hydrogen (secondary N) is 1. The predicted molar refractivity (Wildman–Crippen MR) is 102 cm³/mol. The van der Waals surface area contributed by atoms with E-state index in [0.717, 1.165) is 5.56 Å². The fourth-order valence-electron chi connectivity index (χ4n) is 2.43. The Kier molecular flexibility index (Phi) is 5.27. The first-order chi connectivity index (χ1) is 12.3. The topological polar surface area (TPSA) is 84.2 Å². The summed E-state index contributed by atoms with van der Waals surface area (Å²) in [4.78, 5) is 28.7. The maximum absolute atomic E-state index is 12.8. The van der Waals surface area contributed by atoms with Crippen LogP contribution in [0.25, 0.3) is 10.9 Å². The molecule has 1 atom stereocenters. The highest BCUT2D eigenvalue weighted by atomic mass is 35.5. The van der Waals surface area contributed by atoms with Crippen LogP contribution in [0, 0.1) is 0 Å². The summed E-state index contributed by atoms with van der Waals surface area (Å²) in [5.74, 6) is -0.552. The normalized spacial score (nSPS) is 12.2. The second kappa shape index (κ2) is 7.45. The lowest BCUT2D eigenvalue weighted by Gasteiger charge is -2.10. The summed E-state index contributed by atoms with van der Waals surface area (Å²) in [6.07, 6.45) is 0.312. The van der Waals surface area contributed by atoms with Gasteiger partial charge in [-0.05, 0) is 42.8 Å². The zero-order chi connectivity index (χ0) is 18.8. The summed E-state index contributed by atoms with van der Waals surface area (Å²) < 4.78 is 1.45. The van der Waals surface area contributed by atoms with Crippen LogP contribution in [0.1, 0.15) is 12.5 Å². The van der Waals surface area contributed by atoms with Gasteiger partial charge in [-0.1, -0.05) is 29.3 Å². The van der Waals surface area contributed by atoms with Crippen LogP contribution in [0.15, 0.2) is 47.5 Å². The van der Waals surface area contributed by atoms with Gasteiger partial charge >= 0.3 is 0 Å². The molecule has 134 valence electrons. The van der Waals surface area contributed by atoms with E-state index >= 15 is 0 Å². The molecule has 0 spiro atoms. The van der Waals surface area contributed by atoms with Gasteiger partial charge in [-0.25, -0.2) is 4.98 Å². The van der Waals surface area contributed by atoms with Crippen LogP contribution in [-0.4, -0.2) is 26.7 Å². The van der Waals surface area contributed by atoms with Crippen LogP contribution in [-0.2, 0) is 11.3 Å². The Morgan fingerprint density at radius 1 is 1.23 bits per heavy atom. The number of aliphatic hydroxyl groups excluding tert-OH is 1. The number of aromatic nitrogens is 2. The molecule has 1 heterocycles. The number of hydrogen-bond acceptors (Lipinski definition) is 4. The quantitative estimate of drug-likeness (QED) is 0.715. The Bertz CT molecular complexity index is 1050. The van der Waals surface area contributed by atoms with Gasteiger partial charge in [0, 0.05) is 5.69 Å². The van der Waals surface area contributed by atoms with Gasteiger partial charge in [0.25, 0.3) is 11.5 Å². The number of carbonyl (C=O) groups is 1. The summed E-state index contributed by atoms with van der Waals surface area (Å²) in [5, 5.41) is 13.0. The van der Waals surface area contributed by atoms with Gasteiger partial charge in [-0.2, -0.15) is 0 Å². The zero-order valence-electron chi connectivity index (χ0n) is 13.7. The Morgan fingerprint density at radius 3 is 2.69 bits per heavy atom. The summed E-state index contributed by atoms with van der Waals surface area (Å²) in [6.45, 7) is 1.64. The number of hydrogen-bond donors (Lipinski definition) is 2. The number of rotatable bonds is 4. The number of aliphatic hydroxyl groups is 1. The van der Waals surface area contributed by atoms with Gasteiger partial charge in [0.2, 0.25) is 0 Å². The lowest BCUT2D eigenvalue weighted by molar-refractivity contribution is -0.123. The molecule has 0 fully saturated rings. The second-order valence-corrected chi connectivity index (χ2v) is 6.64. The number of nitrogens with zero attached hydrogens (tertiary/aromatic N) is 2. The minimum absolute atomic E-state index is 0.255. The number of amides is 1. The molecule has 0 bridgehead atoms. The first kappa shape index (κ1) is 18.4. The zero-order valence-corrected chi connectivity index (χ0v) is 15.3. The average molecular weight is 392 g/mol. The van der Waals surface area contributed by atoms with Gasteiger partial charge in [0.15, 0.2) is 0 Å². The molecule has 6 nitrogen and oxygen atoms in total. The smallest absolute Gasteiger partial charge is 0.261 e. The number of anilines is 1. The molecule has 1 aromatic heterocycles. The standard InChI is InChI=1S/C18H15Cl2N3O3/c1-10(24)17(25)22-12-3-5-16-13(7-12)18(26)23(9-21-16)8-11-2-4-14(19)15(20)6-11/h2-7,9-10,24H,8H2,1H3,(H,22,25)/t10-/m1/s1. The maximum atomic E-state index is 12.8. The van der Waals surface area contributed by atoms with Gasteiger partial charge in [-0.3, -0.25) is 14.2 Å². The Labute approximate surface area is 159 Å². The molecule has 2 N–H and O–H groups in total. The maximum Gasteiger partial charge on any atom is 0.261 e. The van der Waals surface area contributed by atoms with Crippen LogP contribution in [0.3, 0.4) is 0 Å². The van der Waals surface area contributed by atoms with Crippen molar-refractivity contribution in [1.82, 2.24) is 9.55 Å². The van der Waals surface area contributed by atoms with E-state index < -0.39 is 12.0 Å². The lowest BCUT2D eigenvalue weighted by atomic mass is 10.2. The Balaban J connectivity index is 1.97. The predicted octanol–water partition coefficient (Wildman–Crippen LogP) is 3.07. The minimum Gasteiger partial charge on any atom is -0.384 e. The van der Waals surface area contributed by atoms with Crippen molar-refractivity contribution >= 4 is 45.7 Å². The number of benzene rings is 2. The van der Waals surface area contributed by atoms with E-state index in [2.05, 4.69) is 10.3 Å². The third-order valence-electron chi connectivity index (χ3n) is 3.81. The molecular formula is C18H15Cl2N3O3. The van der Waals surface area contributed by atoms with E-state index in [1.807, 2.05) is 0 Å². The lowest BCUT2D eigenvalue weighted by Crippen LogP contribution is -2.25. The fourth-order valence-corrected chi connectivity index (χ4v) is 2.75. The van der Waals surface area contributed by atoms with Gasteiger partial charge in [-0.15, -0.1) is 0 Å². The van der Waals surface area contributed by atoms with Crippen molar-refractivity contribution in [1.29, 1.82) is 0 Å². The van der Waals surface area contributed by atoms with Crippen molar-refractivity contribution in [3.63, 3.8) is 0 Å². The molecule has 0 aliphatic carbocycles. The van der Waals surface area contributed by atoms with Crippen molar-refractivity contribution < 1.29 is 9.90 Å². The van der Waals surface area contributed by atoms with E-state index in [0.29, 0.717) is 26.6 Å². The second-order valence-electron chi connectivity index (χ2n) is 5.82. The van der Waals surface area contributed by atoms with Crippen molar-refractivity contribution in [3.05, 3.63) is 68.7 Å². The molecule has 1 amide bonds. The summed E-state index contributed by atoms with van der Waals surface area (Å²) >= 11 is 11.9. The van der Waals surface area contributed by atoms with Crippen LogP contribution in [0.4, 0.5) is 5.69 Å². The average Bonchev–Trinajstić information content (AvgIpc) is 2.61. The SMILES string of the molecule is C[C@@H](O)C(=O)Nc1ccc2ncn(Cc3ccc(Cl)c(Cl)c3)c(=O)c2c1. The van der Waals surface area contributed by atoms with Crippen molar-refractivity contribution in [2.45, 2.75) is 19.6 Å². The van der Waals surface area contributed by atoms with Crippen molar-refractivity contribution in [3.8, 4) is 0 Å². The Hall–Kier alpha value is -2.41. The largest absolute Gasteiger partial charge is 0.384 e. The van der Waals surface area contributed by atoms with Gasteiger partial charge < -0.3 is 10.4 Å². The highest BCUT2D eigenvalue weighted by Gasteiger charge is 2.11. The number of carbonyl (C=O) groups excluding carboxylic acids is 1. The van der Waals surface area contributed by atoms with Crippen LogP contribution < -0.4 is 10.9 Å². The Morgan fingerprint density at radius 2 is 2.00 bits per heavy atom. The molecule has 0 aliphatic rings. The van der Waals surface area contributed by atoms with Crippen molar-refractivity contribution in [2.75, 3.05) is 5.32 Å². The molecular weight excluding hydrogens is 377 g/mol. The monoisotopic (exact) mass is 391 g/mol. The van der Waals surface area contributed by atoms with Crippen LogP contribution >= 0.6 is 23.2 Å². The molecule has 0 unspecified atom stereocenters. The molecule has 3 aromatic rings. The first-order valence-electron chi connectivity index (χ1n) is 7.77. The number of fused-ring (bicyclic) bond motifs is 1. The van der Waals surface area contributed by atoms with Crippen LogP contribution in [0.5, 0.6) is 0 Å². The van der Waals surface area contributed by atoms with E-state index in [1.165, 1.54) is 23.9 Å². The third kappa shape index (κ3) is 3.88. The van der Waals surface area contributed by atoms with Crippen LogP contribution in [0.2, 0.25) is 10.0 Å². The molecule has 0 saturated heterocycles. The molecule has 26 heavy (non-hydrogen) atoms. The molecule has 2 aromatic carbocycles. The van der Waals surface area contributed by atoms with E-state index in [1.54, 1.807) is 30.3 Å². The highest BCUT2D eigenvalue weighted by Crippen LogP contribution is 2.23. The molecule has 8 heteroatoms. The minimum atomic E-state index is -1.15. The molecule has 3 rings (SSSR count). The van der Waals surface area contributed by atoms with Gasteiger partial charge in [0.1, 0.15) is 6.10 Å². The summed E-state index contributed by atoms with van der Waals surface area (Å²) in [5.41, 5.74) is 1.47. The summed E-state index contributed by atoms with van der Waals surface area (Å²) in [7, 11) is 0. The van der Waals surface area contributed by atoms with Gasteiger partial charge in [0.05, 0.1) is 33.8 Å². The van der Waals surface area contributed by atoms with E-state index in [-0.39, 0.29) is 12.1 Å². The highest BCUT2D eigenvalue weighted by molar-refractivity contribution is 6.42. The third-order valence-corrected chi connectivity index (χ3v) is 4.55. The van der Waals surface area contributed by atoms with E-state index in [4.69, 9.17) is 23.2 Å². The number of halogens is 2. The van der Waals surface area contributed by atoms with Crippen molar-refractivity contribution in [2.24, 2.45) is 0 Å². The summed E-state index contributed by atoms with van der Waals surface area (Å²) in [6, 6.07) is 9.94. The molecule has 0 aliphatic heterocycles. The molecule has 0 saturated carbocycles. The fraction of sp³-hybridized carbons (Fsp3) is 0.167. The first-order valence-corrected chi connectivity index (χ1v) is 8.53. The molecule has 0 radical (unpaired) electrons. The van der Waals surface area contributed by atoms with E-state index in [9.17, 15) is 14.7 Å².